The largest absolute Gasteiger partial charge is 0.439 e. The van der Waals surface area contributed by atoms with Crippen LogP contribution in [0, 0.1) is 13.8 Å². The Morgan fingerprint density at radius 1 is 1.10 bits per heavy atom. The summed E-state index contributed by atoms with van der Waals surface area (Å²) < 4.78 is 6.01. The Hall–Kier alpha value is -1.87. The lowest BCUT2D eigenvalue weighted by atomic mass is 10.1. The van der Waals surface area contributed by atoms with Gasteiger partial charge in [0.05, 0.1) is 0 Å². The Bertz CT molecular complexity index is 608. The van der Waals surface area contributed by atoms with Gasteiger partial charge in [0.1, 0.15) is 5.75 Å². The second-order valence-electron chi connectivity index (χ2n) is 5.31. The summed E-state index contributed by atoms with van der Waals surface area (Å²) in [7, 11) is 0. The minimum absolute atomic E-state index is 0.677. The van der Waals surface area contributed by atoms with Crippen LogP contribution in [0.1, 0.15) is 36.2 Å². The van der Waals surface area contributed by atoms with Crippen molar-refractivity contribution in [2.45, 2.75) is 40.7 Å². The van der Waals surface area contributed by atoms with Crippen molar-refractivity contribution in [3.8, 4) is 11.6 Å². The van der Waals surface area contributed by atoms with E-state index in [0.717, 1.165) is 36.5 Å². The summed E-state index contributed by atoms with van der Waals surface area (Å²) in [6.07, 6.45) is 0.906. The van der Waals surface area contributed by atoms with E-state index in [0.29, 0.717) is 5.88 Å². The summed E-state index contributed by atoms with van der Waals surface area (Å²) in [5, 5.41) is 3.34. The summed E-state index contributed by atoms with van der Waals surface area (Å²) in [5.41, 5.74) is 4.59. The number of ether oxygens (including phenoxy) is 1. The minimum Gasteiger partial charge on any atom is -0.439 e. The summed E-state index contributed by atoms with van der Waals surface area (Å²) in [4.78, 5) is 4.58. The molecule has 0 unspecified atom stereocenters. The van der Waals surface area contributed by atoms with Crippen molar-refractivity contribution in [3.05, 3.63) is 52.7 Å². The molecule has 1 aromatic heterocycles. The number of rotatable bonds is 6. The normalized spacial score (nSPS) is 10.7. The van der Waals surface area contributed by atoms with Crippen LogP contribution in [-0.2, 0) is 13.0 Å². The van der Waals surface area contributed by atoms with Crippen molar-refractivity contribution in [1.82, 2.24) is 10.3 Å². The molecular formula is C18H24N2O. The Morgan fingerprint density at radius 2 is 1.90 bits per heavy atom. The molecule has 1 heterocycles. The molecule has 0 saturated carbocycles. The van der Waals surface area contributed by atoms with E-state index < -0.39 is 0 Å². The third kappa shape index (κ3) is 4.30. The molecule has 0 aliphatic rings. The van der Waals surface area contributed by atoms with Crippen LogP contribution in [0.15, 0.2) is 30.3 Å². The lowest BCUT2D eigenvalue weighted by Gasteiger charge is -2.12. The molecule has 3 heteroatoms. The summed E-state index contributed by atoms with van der Waals surface area (Å²) in [6.45, 7) is 10.1. The van der Waals surface area contributed by atoms with Crippen molar-refractivity contribution >= 4 is 0 Å². The Morgan fingerprint density at radius 3 is 2.62 bits per heavy atom. The van der Waals surface area contributed by atoms with Gasteiger partial charge in [-0.2, -0.15) is 0 Å². The number of benzene rings is 1. The van der Waals surface area contributed by atoms with Gasteiger partial charge in [0.15, 0.2) is 0 Å². The van der Waals surface area contributed by atoms with Crippen LogP contribution in [0.2, 0.25) is 0 Å². The maximum atomic E-state index is 6.01. The van der Waals surface area contributed by atoms with Gasteiger partial charge >= 0.3 is 0 Å². The van der Waals surface area contributed by atoms with Gasteiger partial charge in [0.25, 0.3) is 0 Å². The van der Waals surface area contributed by atoms with Crippen LogP contribution in [-0.4, -0.2) is 11.5 Å². The maximum absolute atomic E-state index is 6.01. The molecule has 0 aliphatic carbocycles. The van der Waals surface area contributed by atoms with Crippen molar-refractivity contribution in [2.24, 2.45) is 0 Å². The fourth-order valence-corrected chi connectivity index (χ4v) is 2.16. The van der Waals surface area contributed by atoms with Crippen molar-refractivity contribution < 1.29 is 4.74 Å². The second-order valence-corrected chi connectivity index (χ2v) is 5.31. The fraction of sp³-hybridized carbons (Fsp3) is 0.389. The van der Waals surface area contributed by atoms with Crippen LogP contribution >= 0.6 is 0 Å². The van der Waals surface area contributed by atoms with Crippen molar-refractivity contribution in [1.29, 1.82) is 0 Å². The van der Waals surface area contributed by atoms with Gasteiger partial charge < -0.3 is 10.1 Å². The van der Waals surface area contributed by atoms with E-state index in [2.05, 4.69) is 62.3 Å². The fourth-order valence-electron chi connectivity index (χ4n) is 2.16. The van der Waals surface area contributed by atoms with Crippen molar-refractivity contribution in [2.75, 3.05) is 6.54 Å². The zero-order valence-electron chi connectivity index (χ0n) is 13.4. The first-order valence-corrected chi connectivity index (χ1v) is 7.58. The van der Waals surface area contributed by atoms with E-state index in [-0.39, 0.29) is 0 Å². The highest BCUT2D eigenvalue weighted by Crippen LogP contribution is 2.26. The van der Waals surface area contributed by atoms with Gasteiger partial charge in [-0.1, -0.05) is 26.0 Å². The molecule has 0 amide bonds. The molecule has 2 rings (SSSR count). The number of aryl methyl sites for hydroxylation is 3. The predicted molar refractivity (Wildman–Crippen MR) is 87.0 cm³/mol. The van der Waals surface area contributed by atoms with Gasteiger partial charge in [-0.15, -0.1) is 0 Å². The van der Waals surface area contributed by atoms with E-state index in [1.807, 2.05) is 6.07 Å². The monoisotopic (exact) mass is 284 g/mol. The molecule has 0 bridgehead atoms. The first-order chi connectivity index (χ1) is 10.1. The quantitative estimate of drug-likeness (QED) is 0.864. The minimum atomic E-state index is 0.677. The maximum Gasteiger partial charge on any atom is 0.219 e. The van der Waals surface area contributed by atoms with Gasteiger partial charge in [0, 0.05) is 18.3 Å². The molecule has 21 heavy (non-hydrogen) atoms. The van der Waals surface area contributed by atoms with E-state index in [1.54, 1.807) is 0 Å². The highest BCUT2D eigenvalue weighted by Gasteiger charge is 2.06. The number of hydrogen-bond donors (Lipinski definition) is 1. The summed E-state index contributed by atoms with van der Waals surface area (Å²) >= 11 is 0. The molecule has 1 N–H and O–H groups in total. The smallest absolute Gasteiger partial charge is 0.219 e. The van der Waals surface area contributed by atoms with Gasteiger partial charge in [-0.25, -0.2) is 4.98 Å². The van der Waals surface area contributed by atoms with Crippen LogP contribution in [0.3, 0.4) is 0 Å². The highest BCUT2D eigenvalue weighted by molar-refractivity contribution is 5.39. The Balaban J connectivity index is 2.27. The van der Waals surface area contributed by atoms with Crippen LogP contribution in [0.25, 0.3) is 0 Å². The Kier molecular flexibility index (Phi) is 5.34. The van der Waals surface area contributed by atoms with Crippen molar-refractivity contribution in [3.63, 3.8) is 0 Å². The zero-order chi connectivity index (χ0) is 15.2. The molecular weight excluding hydrogens is 260 g/mol. The lowest BCUT2D eigenvalue weighted by molar-refractivity contribution is 0.456. The number of nitrogens with zero attached hydrogens (tertiary/aromatic N) is 1. The molecule has 0 spiro atoms. The van der Waals surface area contributed by atoms with Gasteiger partial charge in [-0.05, 0) is 55.6 Å². The number of hydrogen-bond acceptors (Lipinski definition) is 3. The molecule has 3 nitrogen and oxygen atoms in total. The second kappa shape index (κ2) is 7.23. The number of nitrogens with one attached hydrogen (secondary N) is 1. The van der Waals surface area contributed by atoms with E-state index in [4.69, 9.17) is 4.74 Å². The summed E-state index contributed by atoms with van der Waals surface area (Å²) in [5.74, 6) is 1.56. The number of pyridine rings is 1. The first-order valence-electron chi connectivity index (χ1n) is 7.58. The van der Waals surface area contributed by atoms with Gasteiger partial charge in [0.2, 0.25) is 5.88 Å². The Labute approximate surface area is 127 Å². The average molecular weight is 284 g/mol. The first kappa shape index (κ1) is 15.5. The van der Waals surface area contributed by atoms with Crippen LogP contribution in [0.5, 0.6) is 11.6 Å². The SMILES string of the molecule is CCNCc1cc(CC)nc(Oc2cc(C)ccc2C)c1. The summed E-state index contributed by atoms with van der Waals surface area (Å²) in [6, 6.07) is 10.4. The van der Waals surface area contributed by atoms with E-state index in [1.165, 1.54) is 11.1 Å². The molecule has 0 radical (unpaired) electrons. The molecule has 0 fully saturated rings. The standard InChI is InChI=1S/C18H24N2O/c1-5-16-10-15(12-19-6-2)11-18(20-16)21-17-9-13(3)7-8-14(17)4/h7-11,19H,5-6,12H2,1-4H3. The third-order valence-corrected chi connectivity index (χ3v) is 3.41. The third-order valence-electron chi connectivity index (χ3n) is 3.41. The lowest BCUT2D eigenvalue weighted by Crippen LogP contribution is -2.12. The van der Waals surface area contributed by atoms with Crippen LogP contribution < -0.4 is 10.1 Å². The number of aromatic nitrogens is 1. The van der Waals surface area contributed by atoms with E-state index >= 15 is 0 Å². The molecule has 1 aromatic carbocycles. The average Bonchev–Trinajstić information content (AvgIpc) is 2.48. The molecule has 0 atom stereocenters. The predicted octanol–water partition coefficient (Wildman–Crippen LogP) is 4.16. The van der Waals surface area contributed by atoms with Gasteiger partial charge in [-0.3, -0.25) is 0 Å². The highest BCUT2D eigenvalue weighted by atomic mass is 16.5. The topological polar surface area (TPSA) is 34.2 Å². The zero-order valence-corrected chi connectivity index (χ0v) is 13.4. The van der Waals surface area contributed by atoms with Crippen LogP contribution in [0.4, 0.5) is 0 Å². The molecule has 0 aliphatic heterocycles. The molecule has 0 saturated heterocycles. The van der Waals surface area contributed by atoms with E-state index in [9.17, 15) is 0 Å². The molecule has 112 valence electrons. The molecule has 2 aromatic rings.